The first kappa shape index (κ1) is 14.9. The van der Waals surface area contributed by atoms with Crippen LogP contribution in [0, 0.1) is 5.82 Å². The summed E-state index contributed by atoms with van der Waals surface area (Å²) in [6.07, 6.45) is 0. The van der Waals surface area contributed by atoms with Crippen LogP contribution in [0.4, 0.5) is 4.39 Å². The highest BCUT2D eigenvalue weighted by atomic mass is 19.1. The third kappa shape index (κ3) is 3.68. The number of methoxy groups -OCH3 is 1. The molecule has 1 unspecified atom stereocenters. The third-order valence-electron chi connectivity index (χ3n) is 3.16. The molecule has 0 amide bonds. The summed E-state index contributed by atoms with van der Waals surface area (Å²) in [5.74, 6) is -0.415. The van der Waals surface area contributed by atoms with Gasteiger partial charge in [-0.25, -0.2) is 4.39 Å². The molecule has 0 radical (unpaired) electrons. The topological polar surface area (TPSA) is 32.7 Å². The van der Waals surface area contributed by atoms with E-state index in [2.05, 4.69) is 18.7 Å². The van der Waals surface area contributed by atoms with Crippen LogP contribution in [0.15, 0.2) is 18.2 Å². The first-order chi connectivity index (χ1) is 8.47. The second-order valence-electron chi connectivity index (χ2n) is 4.70. The van der Waals surface area contributed by atoms with Crippen LogP contribution < -0.4 is 0 Å². The van der Waals surface area contributed by atoms with Crippen LogP contribution in [0.1, 0.15) is 32.4 Å². The van der Waals surface area contributed by atoms with Gasteiger partial charge in [0.25, 0.3) is 0 Å². The van der Waals surface area contributed by atoms with Gasteiger partial charge < -0.3 is 9.84 Å². The molecule has 0 aromatic heterocycles. The van der Waals surface area contributed by atoms with Gasteiger partial charge in [-0.05, 0) is 26.8 Å². The van der Waals surface area contributed by atoms with Crippen LogP contribution in [-0.4, -0.2) is 36.3 Å². The van der Waals surface area contributed by atoms with E-state index >= 15 is 0 Å². The fourth-order valence-corrected chi connectivity index (χ4v) is 2.14. The highest BCUT2D eigenvalue weighted by Crippen LogP contribution is 2.29. The minimum absolute atomic E-state index is 0.00515. The highest BCUT2D eigenvalue weighted by molar-refractivity contribution is 5.35. The van der Waals surface area contributed by atoms with Gasteiger partial charge in [-0.3, -0.25) is 4.90 Å². The Morgan fingerprint density at radius 2 is 2.00 bits per heavy atom. The number of phenols is 1. The zero-order chi connectivity index (χ0) is 13.7. The molecule has 0 aliphatic heterocycles. The van der Waals surface area contributed by atoms with E-state index in [0.717, 1.165) is 18.2 Å². The average molecular weight is 255 g/mol. The van der Waals surface area contributed by atoms with Gasteiger partial charge in [0.1, 0.15) is 11.6 Å². The molecule has 18 heavy (non-hydrogen) atoms. The number of rotatable bonds is 6. The minimum atomic E-state index is -0.420. The number of phenolic OH excluding ortho intramolecular Hbond substituents is 1. The van der Waals surface area contributed by atoms with E-state index in [1.54, 1.807) is 13.2 Å². The van der Waals surface area contributed by atoms with Gasteiger partial charge in [-0.1, -0.05) is 6.07 Å². The minimum Gasteiger partial charge on any atom is -0.508 e. The van der Waals surface area contributed by atoms with Crippen LogP contribution in [0.3, 0.4) is 0 Å². The highest BCUT2D eigenvalue weighted by Gasteiger charge is 2.21. The quantitative estimate of drug-likeness (QED) is 0.848. The Morgan fingerprint density at radius 3 is 2.50 bits per heavy atom. The van der Waals surface area contributed by atoms with Crippen LogP contribution >= 0.6 is 0 Å². The maximum absolute atomic E-state index is 13.0. The van der Waals surface area contributed by atoms with E-state index in [-0.39, 0.29) is 11.8 Å². The Bertz CT molecular complexity index is 382. The van der Waals surface area contributed by atoms with E-state index in [0.29, 0.717) is 12.6 Å². The largest absolute Gasteiger partial charge is 0.508 e. The fraction of sp³-hybridized carbons (Fsp3) is 0.571. The molecular weight excluding hydrogens is 233 g/mol. The number of nitrogens with zero attached hydrogens (tertiary/aromatic N) is 1. The maximum atomic E-state index is 13.0. The van der Waals surface area contributed by atoms with Gasteiger partial charge in [0, 0.05) is 37.4 Å². The van der Waals surface area contributed by atoms with E-state index in [1.807, 2.05) is 6.92 Å². The predicted molar refractivity (Wildman–Crippen MR) is 70.2 cm³/mol. The van der Waals surface area contributed by atoms with Crippen molar-refractivity contribution in [2.24, 2.45) is 0 Å². The van der Waals surface area contributed by atoms with Gasteiger partial charge in [0.05, 0.1) is 6.61 Å². The molecule has 1 atom stereocenters. The predicted octanol–water partition coefficient (Wildman–Crippen LogP) is 2.95. The molecule has 0 saturated carbocycles. The van der Waals surface area contributed by atoms with Crippen LogP contribution in [0.2, 0.25) is 0 Å². The summed E-state index contributed by atoms with van der Waals surface area (Å²) in [6.45, 7) is 7.58. The second-order valence-corrected chi connectivity index (χ2v) is 4.70. The monoisotopic (exact) mass is 255 g/mol. The van der Waals surface area contributed by atoms with Crippen molar-refractivity contribution >= 4 is 0 Å². The number of ether oxygens (including phenoxy) is 1. The standard InChI is InChI=1S/C14H22FNO2/c1-10(2)16(7-8-18-4)11(3)13-6-5-12(15)9-14(13)17/h5-6,9-11,17H,7-8H2,1-4H3. The SMILES string of the molecule is COCCN(C(C)C)C(C)c1ccc(F)cc1O. The van der Waals surface area contributed by atoms with Gasteiger partial charge in [0.15, 0.2) is 0 Å². The molecule has 3 nitrogen and oxygen atoms in total. The van der Waals surface area contributed by atoms with Crippen molar-refractivity contribution in [3.8, 4) is 5.75 Å². The Balaban J connectivity index is 2.90. The molecule has 0 heterocycles. The molecule has 4 heteroatoms. The van der Waals surface area contributed by atoms with Gasteiger partial charge in [0.2, 0.25) is 0 Å². The summed E-state index contributed by atoms with van der Waals surface area (Å²) in [6, 6.07) is 4.50. The second kappa shape index (κ2) is 6.71. The summed E-state index contributed by atoms with van der Waals surface area (Å²) in [7, 11) is 1.67. The van der Waals surface area contributed by atoms with Crippen molar-refractivity contribution in [2.45, 2.75) is 32.9 Å². The van der Waals surface area contributed by atoms with Crippen molar-refractivity contribution in [3.63, 3.8) is 0 Å². The van der Waals surface area contributed by atoms with Crippen molar-refractivity contribution < 1.29 is 14.2 Å². The lowest BCUT2D eigenvalue weighted by Gasteiger charge is -2.33. The van der Waals surface area contributed by atoms with Crippen molar-refractivity contribution in [1.82, 2.24) is 4.90 Å². The molecular formula is C14H22FNO2. The maximum Gasteiger partial charge on any atom is 0.126 e. The lowest BCUT2D eigenvalue weighted by atomic mass is 10.0. The van der Waals surface area contributed by atoms with Crippen LogP contribution in [0.25, 0.3) is 0 Å². The van der Waals surface area contributed by atoms with Crippen molar-refractivity contribution in [1.29, 1.82) is 0 Å². The first-order valence-electron chi connectivity index (χ1n) is 6.20. The normalized spacial score (nSPS) is 13.3. The molecule has 0 saturated heterocycles. The van der Waals surface area contributed by atoms with E-state index in [1.165, 1.54) is 6.07 Å². The molecule has 0 aliphatic rings. The molecule has 0 aliphatic carbocycles. The average Bonchev–Trinajstić information content (AvgIpc) is 2.28. The molecule has 102 valence electrons. The smallest absolute Gasteiger partial charge is 0.126 e. The summed E-state index contributed by atoms with van der Waals surface area (Å²) >= 11 is 0. The molecule has 0 fully saturated rings. The Labute approximate surface area is 108 Å². The van der Waals surface area contributed by atoms with Gasteiger partial charge >= 0.3 is 0 Å². The Morgan fingerprint density at radius 1 is 1.33 bits per heavy atom. The third-order valence-corrected chi connectivity index (χ3v) is 3.16. The van der Waals surface area contributed by atoms with Gasteiger partial charge in [-0.2, -0.15) is 0 Å². The van der Waals surface area contributed by atoms with Crippen molar-refractivity contribution in [3.05, 3.63) is 29.6 Å². The summed E-state index contributed by atoms with van der Waals surface area (Å²) in [4.78, 5) is 2.20. The first-order valence-corrected chi connectivity index (χ1v) is 6.20. The number of halogens is 1. The molecule has 1 N–H and O–H groups in total. The van der Waals surface area contributed by atoms with Crippen molar-refractivity contribution in [2.75, 3.05) is 20.3 Å². The summed E-state index contributed by atoms with van der Waals surface area (Å²) in [5.41, 5.74) is 0.737. The molecule has 0 spiro atoms. The lowest BCUT2D eigenvalue weighted by molar-refractivity contribution is 0.101. The zero-order valence-electron chi connectivity index (χ0n) is 11.5. The molecule has 1 aromatic rings. The Kier molecular flexibility index (Phi) is 5.56. The van der Waals surface area contributed by atoms with E-state index in [9.17, 15) is 9.50 Å². The molecule has 1 rings (SSSR count). The summed E-state index contributed by atoms with van der Waals surface area (Å²) < 4.78 is 18.1. The number of hydrogen-bond acceptors (Lipinski definition) is 3. The van der Waals surface area contributed by atoms with Crippen LogP contribution in [-0.2, 0) is 4.74 Å². The number of hydrogen-bond donors (Lipinski definition) is 1. The zero-order valence-corrected chi connectivity index (χ0v) is 11.5. The number of aromatic hydroxyl groups is 1. The lowest BCUT2D eigenvalue weighted by Crippen LogP contribution is -2.36. The molecule has 0 bridgehead atoms. The fourth-order valence-electron chi connectivity index (χ4n) is 2.14. The number of benzene rings is 1. The van der Waals surface area contributed by atoms with Crippen LogP contribution in [0.5, 0.6) is 5.75 Å². The van der Waals surface area contributed by atoms with E-state index in [4.69, 9.17) is 4.74 Å². The Hall–Kier alpha value is -1.13. The van der Waals surface area contributed by atoms with Gasteiger partial charge in [-0.15, -0.1) is 0 Å². The molecule has 1 aromatic carbocycles. The van der Waals surface area contributed by atoms with E-state index < -0.39 is 5.82 Å². The summed E-state index contributed by atoms with van der Waals surface area (Å²) in [5, 5.41) is 9.82.